The number of hydrogen-bond acceptors (Lipinski definition) is 4. The maximum Gasteiger partial charge on any atom is 0.348 e. The van der Waals surface area contributed by atoms with Crippen molar-refractivity contribution in [3.8, 4) is 0 Å². The van der Waals surface area contributed by atoms with Crippen LogP contribution in [0.1, 0.15) is 48.5 Å². The molecule has 7 heteroatoms. The molecular weight excluding hydrogens is 358 g/mol. The van der Waals surface area contributed by atoms with Crippen molar-refractivity contribution in [2.45, 2.75) is 38.0 Å². The van der Waals surface area contributed by atoms with Crippen molar-refractivity contribution in [1.29, 1.82) is 0 Å². The SMILES string of the molecule is C/C=C\c1cc(C(C)(C)C)ccc1S(=O)(=O)Nc1ccsc1C(=O)O. The Balaban J connectivity index is 2.52. The Hall–Kier alpha value is -2.12. The van der Waals surface area contributed by atoms with Gasteiger partial charge < -0.3 is 5.11 Å². The summed E-state index contributed by atoms with van der Waals surface area (Å²) in [6.07, 6.45) is 3.50. The van der Waals surface area contributed by atoms with Gasteiger partial charge in [-0.15, -0.1) is 11.3 Å². The van der Waals surface area contributed by atoms with Crippen LogP contribution in [0.4, 0.5) is 5.69 Å². The average Bonchev–Trinajstić information content (AvgIpc) is 2.94. The Morgan fingerprint density at radius 2 is 1.92 bits per heavy atom. The Labute approximate surface area is 152 Å². The third-order valence-electron chi connectivity index (χ3n) is 3.62. The second-order valence-corrected chi connectivity index (χ2v) is 9.14. The molecule has 0 bridgehead atoms. The van der Waals surface area contributed by atoms with Gasteiger partial charge in [-0.25, -0.2) is 13.2 Å². The second-order valence-electron chi connectivity index (χ2n) is 6.58. The van der Waals surface area contributed by atoms with Gasteiger partial charge in [-0.3, -0.25) is 4.72 Å². The summed E-state index contributed by atoms with van der Waals surface area (Å²) < 4.78 is 28.0. The Bertz CT molecular complexity index is 919. The minimum absolute atomic E-state index is 0.0394. The highest BCUT2D eigenvalue weighted by atomic mass is 32.2. The molecule has 0 unspecified atom stereocenters. The molecule has 0 spiro atoms. The maximum atomic E-state index is 12.8. The Kier molecular flexibility index (Phi) is 5.39. The van der Waals surface area contributed by atoms with Gasteiger partial charge in [0.1, 0.15) is 4.88 Å². The number of aromatic carboxylic acids is 1. The van der Waals surface area contributed by atoms with E-state index in [2.05, 4.69) is 25.5 Å². The van der Waals surface area contributed by atoms with E-state index in [0.29, 0.717) is 5.56 Å². The fourth-order valence-corrected chi connectivity index (χ4v) is 4.33. The maximum absolute atomic E-state index is 12.8. The number of carboxylic acid groups (broad SMARTS) is 1. The van der Waals surface area contributed by atoms with E-state index in [4.69, 9.17) is 5.11 Å². The van der Waals surface area contributed by atoms with Gasteiger partial charge in [0.05, 0.1) is 10.6 Å². The van der Waals surface area contributed by atoms with Gasteiger partial charge in [0.25, 0.3) is 10.0 Å². The first-order valence-electron chi connectivity index (χ1n) is 7.67. The molecule has 0 radical (unpaired) electrons. The first-order chi connectivity index (χ1) is 11.6. The molecule has 1 aromatic carbocycles. The molecule has 0 fully saturated rings. The highest BCUT2D eigenvalue weighted by Crippen LogP contribution is 2.30. The van der Waals surface area contributed by atoms with Gasteiger partial charge >= 0.3 is 5.97 Å². The van der Waals surface area contributed by atoms with Crippen molar-refractivity contribution in [2.24, 2.45) is 0 Å². The number of anilines is 1. The molecule has 0 aliphatic heterocycles. The number of rotatable bonds is 5. The molecule has 0 saturated carbocycles. The van der Waals surface area contributed by atoms with Crippen LogP contribution in [0.2, 0.25) is 0 Å². The van der Waals surface area contributed by atoms with E-state index in [1.54, 1.807) is 24.3 Å². The lowest BCUT2D eigenvalue weighted by Gasteiger charge is -2.21. The number of thiophene rings is 1. The van der Waals surface area contributed by atoms with E-state index < -0.39 is 16.0 Å². The van der Waals surface area contributed by atoms with Gasteiger partial charge in [-0.05, 0) is 47.0 Å². The molecule has 0 saturated heterocycles. The standard InChI is InChI=1S/C18H21NO4S2/c1-5-6-12-11-13(18(2,3)4)7-8-15(12)25(22,23)19-14-9-10-24-16(14)17(20)21/h5-11,19H,1-4H3,(H,20,21)/b6-5-. The summed E-state index contributed by atoms with van der Waals surface area (Å²) in [6, 6.07) is 6.64. The van der Waals surface area contributed by atoms with E-state index in [-0.39, 0.29) is 20.9 Å². The molecular formula is C18H21NO4S2. The van der Waals surface area contributed by atoms with E-state index in [1.807, 2.05) is 13.0 Å². The third kappa shape index (κ3) is 4.29. The molecule has 0 aliphatic rings. The lowest BCUT2D eigenvalue weighted by atomic mass is 9.86. The molecule has 1 aromatic heterocycles. The van der Waals surface area contributed by atoms with Crippen molar-refractivity contribution in [3.63, 3.8) is 0 Å². The highest BCUT2D eigenvalue weighted by molar-refractivity contribution is 7.92. The van der Waals surface area contributed by atoms with Crippen LogP contribution in [-0.2, 0) is 15.4 Å². The number of benzene rings is 1. The summed E-state index contributed by atoms with van der Waals surface area (Å²) in [5.41, 5.74) is 1.54. The molecule has 25 heavy (non-hydrogen) atoms. The summed E-state index contributed by atoms with van der Waals surface area (Å²) in [6.45, 7) is 7.98. The average molecular weight is 380 g/mol. The third-order valence-corrected chi connectivity index (χ3v) is 5.96. The topological polar surface area (TPSA) is 83.5 Å². The van der Waals surface area contributed by atoms with E-state index >= 15 is 0 Å². The molecule has 2 aromatic rings. The van der Waals surface area contributed by atoms with Crippen LogP contribution in [0.3, 0.4) is 0 Å². The summed E-state index contributed by atoms with van der Waals surface area (Å²) in [4.78, 5) is 11.3. The lowest BCUT2D eigenvalue weighted by Crippen LogP contribution is -2.17. The van der Waals surface area contributed by atoms with Crippen molar-refractivity contribution in [2.75, 3.05) is 4.72 Å². The predicted octanol–water partition coefficient (Wildman–Crippen LogP) is 4.58. The number of nitrogens with one attached hydrogen (secondary N) is 1. The highest BCUT2D eigenvalue weighted by Gasteiger charge is 2.23. The van der Waals surface area contributed by atoms with Crippen LogP contribution in [-0.4, -0.2) is 19.5 Å². The number of sulfonamides is 1. The zero-order chi connectivity index (χ0) is 18.8. The van der Waals surface area contributed by atoms with Gasteiger partial charge in [-0.2, -0.15) is 0 Å². The van der Waals surface area contributed by atoms with E-state index in [9.17, 15) is 13.2 Å². The first-order valence-corrected chi connectivity index (χ1v) is 10.0. The van der Waals surface area contributed by atoms with Crippen molar-refractivity contribution < 1.29 is 18.3 Å². The normalized spacial score (nSPS) is 12.5. The van der Waals surface area contributed by atoms with Crippen molar-refractivity contribution in [1.82, 2.24) is 0 Å². The zero-order valence-electron chi connectivity index (χ0n) is 14.5. The quantitative estimate of drug-likeness (QED) is 0.796. The minimum atomic E-state index is -3.91. The largest absolute Gasteiger partial charge is 0.477 e. The fourth-order valence-electron chi connectivity index (χ4n) is 2.32. The van der Waals surface area contributed by atoms with Crippen LogP contribution in [0.25, 0.3) is 6.08 Å². The smallest absolute Gasteiger partial charge is 0.348 e. The molecule has 2 rings (SSSR count). The first kappa shape index (κ1) is 19.2. The number of hydrogen-bond donors (Lipinski definition) is 2. The Morgan fingerprint density at radius 1 is 1.24 bits per heavy atom. The summed E-state index contributed by atoms with van der Waals surface area (Å²) in [5, 5.41) is 10.7. The van der Waals surface area contributed by atoms with Gasteiger partial charge in [0, 0.05) is 0 Å². The van der Waals surface area contributed by atoms with Gasteiger partial charge in [0.2, 0.25) is 0 Å². The van der Waals surface area contributed by atoms with E-state index in [0.717, 1.165) is 16.9 Å². The summed E-state index contributed by atoms with van der Waals surface area (Å²) >= 11 is 0.973. The predicted molar refractivity (Wildman–Crippen MR) is 102 cm³/mol. The summed E-state index contributed by atoms with van der Waals surface area (Å²) in [7, 11) is -3.91. The molecule has 0 amide bonds. The van der Waals surface area contributed by atoms with Gasteiger partial charge in [-0.1, -0.05) is 39.0 Å². The molecule has 1 heterocycles. The Morgan fingerprint density at radius 3 is 2.48 bits per heavy atom. The molecule has 0 atom stereocenters. The number of carbonyl (C=O) groups is 1. The fraction of sp³-hybridized carbons (Fsp3) is 0.278. The lowest BCUT2D eigenvalue weighted by molar-refractivity contribution is 0.0703. The van der Waals surface area contributed by atoms with Crippen molar-refractivity contribution in [3.05, 3.63) is 51.7 Å². The van der Waals surface area contributed by atoms with Crippen molar-refractivity contribution >= 4 is 39.1 Å². The van der Waals surface area contributed by atoms with Crippen LogP contribution >= 0.6 is 11.3 Å². The summed E-state index contributed by atoms with van der Waals surface area (Å²) in [5.74, 6) is -1.16. The zero-order valence-corrected chi connectivity index (χ0v) is 16.2. The molecule has 2 N–H and O–H groups in total. The van der Waals surface area contributed by atoms with Gasteiger partial charge in [0.15, 0.2) is 0 Å². The molecule has 134 valence electrons. The molecule has 5 nitrogen and oxygen atoms in total. The monoisotopic (exact) mass is 379 g/mol. The van der Waals surface area contributed by atoms with Crippen LogP contribution in [0.5, 0.6) is 0 Å². The number of carboxylic acids is 1. The molecule has 0 aliphatic carbocycles. The minimum Gasteiger partial charge on any atom is -0.477 e. The number of allylic oxidation sites excluding steroid dienone is 1. The second kappa shape index (κ2) is 7.01. The van der Waals surface area contributed by atoms with Crippen LogP contribution in [0, 0.1) is 0 Å². The van der Waals surface area contributed by atoms with E-state index in [1.165, 1.54) is 11.4 Å². The van der Waals surface area contributed by atoms with Crippen LogP contribution in [0.15, 0.2) is 40.6 Å². The van der Waals surface area contributed by atoms with Crippen LogP contribution < -0.4 is 4.72 Å².